The predicted octanol–water partition coefficient (Wildman–Crippen LogP) is 6.90. The Morgan fingerprint density at radius 3 is 2.54 bits per heavy atom. The van der Waals surface area contributed by atoms with Crippen LogP contribution in [0.15, 0.2) is 84.9 Å². The zero-order valence-corrected chi connectivity index (χ0v) is 45.9. The molecule has 0 radical (unpaired) electrons. The highest BCUT2D eigenvalue weighted by Gasteiger charge is 2.40. The van der Waals surface area contributed by atoms with Crippen molar-refractivity contribution >= 4 is 86.9 Å². The molecule has 3 fully saturated rings. The van der Waals surface area contributed by atoms with Gasteiger partial charge >= 0.3 is 18.1 Å². The summed E-state index contributed by atoms with van der Waals surface area (Å²) in [5.41, 5.74) is 6.19. The van der Waals surface area contributed by atoms with Gasteiger partial charge in [0.05, 0.1) is 35.8 Å². The lowest BCUT2D eigenvalue weighted by Crippen LogP contribution is -2.56. The molecule has 20 nitrogen and oxygen atoms in total. The third-order valence-electron chi connectivity index (χ3n) is 15.5. The number of nitrogens with zero attached hydrogens (tertiary/aromatic N) is 8. The largest absolute Gasteiger partial charge is 0.462 e. The number of aromatic nitrogens is 2. The van der Waals surface area contributed by atoms with E-state index in [1.165, 1.54) is 4.90 Å². The highest BCUT2D eigenvalue weighted by Crippen LogP contribution is 2.38. The number of halogens is 2. The number of aryl methyl sites for hydroxylation is 1. The van der Waals surface area contributed by atoms with E-state index in [0.29, 0.717) is 79.4 Å². The number of rotatable bonds is 17. The Bertz CT molecular complexity index is 3310. The van der Waals surface area contributed by atoms with Crippen LogP contribution in [-0.2, 0) is 51.6 Å². The van der Waals surface area contributed by atoms with Gasteiger partial charge in [-0.2, -0.15) is 15.2 Å². The molecule has 22 heteroatoms. The highest BCUT2D eigenvalue weighted by atomic mass is 35.5. The van der Waals surface area contributed by atoms with Crippen molar-refractivity contribution in [2.45, 2.75) is 89.1 Å². The quantitative estimate of drug-likeness (QED) is 0.0421. The van der Waals surface area contributed by atoms with E-state index in [0.717, 1.165) is 69.6 Å². The van der Waals surface area contributed by atoms with Crippen LogP contribution in [0.1, 0.15) is 76.8 Å². The van der Waals surface area contributed by atoms with Crippen molar-refractivity contribution < 1.29 is 38.2 Å². The summed E-state index contributed by atoms with van der Waals surface area (Å²) in [7, 11) is 2.10. The number of imide groups is 1. The number of urea groups is 1. The summed E-state index contributed by atoms with van der Waals surface area (Å²) < 4.78 is 11.8. The van der Waals surface area contributed by atoms with Gasteiger partial charge in [-0.25, -0.2) is 9.59 Å². The van der Waals surface area contributed by atoms with Crippen molar-refractivity contribution in [3.63, 3.8) is 0 Å². The summed E-state index contributed by atoms with van der Waals surface area (Å²) in [6.45, 7) is 7.96. The molecule has 5 aliphatic rings. The fourth-order valence-electron chi connectivity index (χ4n) is 11.3. The molecule has 3 saturated heterocycles. The van der Waals surface area contributed by atoms with Gasteiger partial charge in [0.15, 0.2) is 0 Å². The number of hydrogen-bond acceptors (Lipinski definition) is 14. The van der Waals surface area contributed by atoms with Gasteiger partial charge in [-0.3, -0.25) is 24.5 Å². The number of likely N-dealkylation sites (N-methyl/N-ethyl adjacent to an activating group) is 1. The van der Waals surface area contributed by atoms with Crippen molar-refractivity contribution in [2.75, 3.05) is 74.6 Å². The number of ether oxygens (including phenoxy) is 2. The second kappa shape index (κ2) is 24.6. The average Bonchev–Trinajstić information content (AvgIpc) is 4.11. The maximum atomic E-state index is 14.0. The van der Waals surface area contributed by atoms with Crippen molar-refractivity contribution in [3.8, 4) is 12.1 Å². The molecular weight excluding hydrogens is 1060 g/mol. The maximum absolute atomic E-state index is 14.0. The summed E-state index contributed by atoms with van der Waals surface area (Å²) in [6.07, 6.45) is 3.56. The molecule has 416 valence electrons. The van der Waals surface area contributed by atoms with Gasteiger partial charge in [-0.15, -0.1) is 0 Å². The first-order valence-electron chi connectivity index (χ1n) is 27.0. The second-order valence-corrected chi connectivity index (χ2v) is 21.7. The Hall–Kier alpha value is -7.99. The van der Waals surface area contributed by atoms with Crippen LogP contribution in [0.3, 0.4) is 0 Å². The molecule has 3 atom stereocenters. The summed E-state index contributed by atoms with van der Waals surface area (Å²) in [6, 6.07) is 23.6. The third kappa shape index (κ3) is 12.5. The number of carbonyl (C=O) groups excluding carboxylic acids is 6. The van der Waals surface area contributed by atoms with Crippen molar-refractivity contribution in [3.05, 3.63) is 129 Å². The van der Waals surface area contributed by atoms with Gasteiger partial charge in [0, 0.05) is 96.8 Å². The van der Waals surface area contributed by atoms with Gasteiger partial charge in [0.1, 0.15) is 25.1 Å². The zero-order chi connectivity index (χ0) is 56.0. The molecule has 0 aliphatic carbocycles. The van der Waals surface area contributed by atoms with E-state index in [2.05, 4.69) is 73.9 Å². The molecule has 4 N–H and O–H groups in total. The van der Waals surface area contributed by atoms with Crippen LogP contribution in [0.5, 0.6) is 6.01 Å². The first-order chi connectivity index (χ1) is 38.7. The van der Waals surface area contributed by atoms with Crippen molar-refractivity contribution in [2.24, 2.45) is 0 Å². The van der Waals surface area contributed by atoms with Gasteiger partial charge < -0.3 is 49.9 Å². The molecule has 4 aromatic carbocycles. The minimum absolute atomic E-state index is 0.0618. The van der Waals surface area contributed by atoms with E-state index in [-0.39, 0.29) is 75.5 Å². The van der Waals surface area contributed by atoms with Crippen LogP contribution in [0.4, 0.5) is 26.8 Å². The number of likely N-dealkylation sites (tertiary alicyclic amines) is 1. The maximum Gasteiger partial charge on any atom is 0.407 e. The molecule has 0 saturated carbocycles. The lowest BCUT2D eigenvalue weighted by atomic mass is 10.0. The standard InChI is InChI=1S/C58H62Cl2N12O8/c1-35(33-80-58(78)62-20-5-7-36-26-40(59)28-41(27-36)64-56(77)63-29-37-13-14-44-39(25-37)30-72(55(44)76)49-15-16-50(73)66-53(49)74)54(75)71-24-23-70(31-42(71)17-19-61)52-45-18-22-69(48-12-4-9-38-8-3-11-46(60)51(38)48)32-47(45)65-57(67-52)79-34-43-10-6-21-68(43)2/h3-4,8-9,11-14,25-28,42-43,49H,1,5-7,10,15-18,20-24,29-34H2,2H3,(H,62,78)(H2,63,64,77)(H,66,73,74)/t42-,43-,49?/m0/s1. The molecule has 6 heterocycles. The second-order valence-electron chi connectivity index (χ2n) is 20.8. The molecule has 80 heavy (non-hydrogen) atoms. The fourth-order valence-corrected chi connectivity index (χ4v) is 11.9. The number of carbonyl (C=O) groups is 6. The number of amides is 7. The van der Waals surface area contributed by atoms with Gasteiger partial charge in [-0.1, -0.05) is 66.2 Å². The average molecular weight is 1130 g/mol. The third-order valence-corrected chi connectivity index (χ3v) is 16.0. The molecular formula is C58H62Cl2N12O8. The molecule has 10 rings (SSSR count). The number of fused-ring (bicyclic) bond motifs is 3. The zero-order valence-electron chi connectivity index (χ0n) is 44.4. The molecule has 1 aromatic heterocycles. The van der Waals surface area contributed by atoms with Crippen LogP contribution < -0.4 is 35.8 Å². The van der Waals surface area contributed by atoms with Crippen molar-refractivity contribution in [1.82, 2.24) is 40.6 Å². The van der Waals surface area contributed by atoms with Crippen LogP contribution >= 0.6 is 23.2 Å². The van der Waals surface area contributed by atoms with Crippen LogP contribution in [0.2, 0.25) is 10.0 Å². The van der Waals surface area contributed by atoms with E-state index in [1.54, 1.807) is 35.2 Å². The molecule has 0 spiro atoms. The number of anilines is 3. The predicted molar refractivity (Wildman–Crippen MR) is 301 cm³/mol. The number of hydrogen-bond donors (Lipinski definition) is 4. The van der Waals surface area contributed by atoms with Gasteiger partial charge in [0.2, 0.25) is 11.8 Å². The van der Waals surface area contributed by atoms with E-state index >= 15 is 0 Å². The summed E-state index contributed by atoms with van der Waals surface area (Å²) >= 11 is 13.2. The first-order valence-corrected chi connectivity index (χ1v) is 27.7. The van der Waals surface area contributed by atoms with E-state index < -0.39 is 36.0 Å². The lowest BCUT2D eigenvalue weighted by Gasteiger charge is -2.42. The molecule has 0 bridgehead atoms. The summed E-state index contributed by atoms with van der Waals surface area (Å²) in [5, 5.41) is 23.8. The monoisotopic (exact) mass is 1120 g/mol. The smallest absolute Gasteiger partial charge is 0.407 e. The Balaban J connectivity index is 0.692. The van der Waals surface area contributed by atoms with Crippen LogP contribution in [-0.4, -0.2) is 138 Å². The number of nitrogens with one attached hydrogen (secondary N) is 4. The Morgan fingerprint density at radius 1 is 0.900 bits per heavy atom. The lowest BCUT2D eigenvalue weighted by molar-refractivity contribution is -0.137. The molecule has 7 amide bonds. The number of nitriles is 1. The Morgan fingerprint density at radius 2 is 1.74 bits per heavy atom. The normalized spacial score (nSPS) is 19.0. The summed E-state index contributed by atoms with van der Waals surface area (Å²) in [4.78, 5) is 96.8. The van der Waals surface area contributed by atoms with Gasteiger partial charge in [-0.05, 0) is 111 Å². The minimum Gasteiger partial charge on any atom is -0.462 e. The first kappa shape index (κ1) is 55.3. The number of alkyl carbamates (subject to hydrolysis) is 1. The fraction of sp³-hybridized carbons (Fsp3) is 0.397. The SMILES string of the molecule is C=C(COC(=O)NCCCc1cc(Cl)cc(NC(=O)NCc2ccc3c(c2)CN(C2CCC(=O)NC2=O)C3=O)c1)C(=O)N1CCN(c2nc(OC[C@@H]3CCCN3C)nc3c2CCN(c2cccc4cccc(Cl)c24)C3)C[C@@H]1CC#N. The van der Waals surface area contributed by atoms with E-state index in [9.17, 15) is 34.0 Å². The topological polar surface area (TPSA) is 235 Å². The highest BCUT2D eigenvalue weighted by molar-refractivity contribution is 6.36. The minimum atomic E-state index is -0.725. The van der Waals surface area contributed by atoms with E-state index in [1.807, 2.05) is 24.3 Å². The Kier molecular flexibility index (Phi) is 17.0. The van der Waals surface area contributed by atoms with Crippen LogP contribution in [0.25, 0.3) is 10.8 Å². The Labute approximate surface area is 473 Å². The number of benzene rings is 4. The number of piperazine rings is 1. The van der Waals surface area contributed by atoms with Crippen LogP contribution in [0, 0.1) is 11.3 Å². The van der Waals surface area contributed by atoms with Gasteiger partial charge in [0.25, 0.3) is 11.8 Å². The molecule has 5 aliphatic heterocycles. The molecule has 5 aromatic rings. The summed E-state index contributed by atoms with van der Waals surface area (Å²) in [5.74, 6) is -0.777. The van der Waals surface area contributed by atoms with E-state index in [4.69, 9.17) is 42.6 Å². The number of piperidine rings is 1. The van der Waals surface area contributed by atoms with Crippen molar-refractivity contribution in [1.29, 1.82) is 5.26 Å². The molecule has 1 unspecified atom stereocenters.